The number of carbonyl (C=O) groups is 2. The summed E-state index contributed by atoms with van der Waals surface area (Å²) in [7, 11) is 0. The monoisotopic (exact) mass is 578 g/mol. The molecule has 42 heavy (non-hydrogen) atoms. The van der Waals surface area contributed by atoms with Gasteiger partial charge in [-0.2, -0.15) is 0 Å². The highest BCUT2D eigenvalue weighted by Gasteiger charge is 2.10. The summed E-state index contributed by atoms with van der Waals surface area (Å²) in [5.74, 6) is -0.0626. The Labute approximate surface area is 256 Å². The van der Waals surface area contributed by atoms with Crippen LogP contribution in [0.25, 0.3) is 11.1 Å². The average Bonchev–Trinajstić information content (AvgIpc) is 3.02. The van der Waals surface area contributed by atoms with Gasteiger partial charge in [-0.05, 0) is 87.3 Å². The number of rotatable bonds is 23. The number of benzene rings is 2. The van der Waals surface area contributed by atoms with Crippen molar-refractivity contribution in [1.82, 2.24) is 20.4 Å². The Kier molecular flexibility index (Phi) is 18.5. The van der Waals surface area contributed by atoms with Crippen LogP contribution in [-0.2, 0) is 0 Å². The minimum Gasteiger partial charge on any atom is -0.351 e. The fourth-order valence-corrected chi connectivity index (χ4v) is 5.09. The van der Waals surface area contributed by atoms with Gasteiger partial charge in [0.15, 0.2) is 0 Å². The summed E-state index contributed by atoms with van der Waals surface area (Å²) in [6, 6.07) is 15.4. The van der Waals surface area contributed by atoms with Crippen molar-refractivity contribution in [1.29, 1.82) is 0 Å². The minimum atomic E-state index is -0.0313. The summed E-state index contributed by atoms with van der Waals surface area (Å²) in [6.07, 6.45) is 12.2. The van der Waals surface area contributed by atoms with Crippen molar-refractivity contribution < 1.29 is 9.59 Å². The van der Waals surface area contributed by atoms with Gasteiger partial charge in [-0.15, -0.1) is 0 Å². The van der Waals surface area contributed by atoms with Gasteiger partial charge in [-0.3, -0.25) is 9.59 Å². The minimum absolute atomic E-state index is 0.0313. The SMILES string of the molecule is CCCCCN(CCCC)CCNC(=O)c1ccc(-c2ccc(C(=O)NCCN(CCCC)CCCCC)cc2)cc1. The number of hydrogen-bond acceptors (Lipinski definition) is 4. The molecular formula is C36H58N4O2. The number of carbonyl (C=O) groups excluding carboxylic acids is 2. The van der Waals surface area contributed by atoms with Gasteiger partial charge in [-0.25, -0.2) is 0 Å². The summed E-state index contributed by atoms with van der Waals surface area (Å²) in [6.45, 7) is 16.4. The second-order valence-corrected chi connectivity index (χ2v) is 11.5. The van der Waals surface area contributed by atoms with Crippen molar-refractivity contribution in [2.75, 3.05) is 52.4 Å². The quantitative estimate of drug-likeness (QED) is 0.135. The third-order valence-electron chi connectivity index (χ3n) is 7.87. The van der Waals surface area contributed by atoms with Crippen molar-refractivity contribution in [3.8, 4) is 11.1 Å². The molecule has 234 valence electrons. The molecule has 0 saturated heterocycles. The Morgan fingerprint density at radius 1 is 0.476 bits per heavy atom. The normalized spacial score (nSPS) is 11.3. The van der Waals surface area contributed by atoms with E-state index in [2.05, 4.69) is 48.1 Å². The van der Waals surface area contributed by atoms with E-state index in [1.165, 1.54) is 64.2 Å². The van der Waals surface area contributed by atoms with Crippen molar-refractivity contribution in [2.24, 2.45) is 0 Å². The molecule has 2 aromatic rings. The largest absolute Gasteiger partial charge is 0.351 e. The highest BCUT2D eigenvalue weighted by atomic mass is 16.2. The summed E-state index contributed by atoms with van der Waals surface area (Å²) in [5, 5.41) is 6.19. The lowest BCUT2D eigenvalue weighted by molar-refractivity contribution is 0.0940. The molecule has 2 aromatic carbocycles. The van der Waals surface area contributed by atoms with Gasteiger partial charge in [-0.1, -0.05) is 90.5 Å². The summed E-state index contributed by atoms with van der Waals surface area (Å²) < 4.78 is 0. The second kappa shape index (κ2) is 21.9. The van der Waals surface area contributed by atoms with Crippen LogP contribution in [0.5, 0.6) is 0 Å². The van der Waals surface area contributed by atoms with Crippen LogP contribution in [0.3, 0.4) is 0 Å². The topological polar surface area (TPSA) is 64.7 Å². The van der Waals surface area contributed by atoms with E-state index in [9.17, 15) is 9.59 Å². The van der Waals surface area contributed by atoms with Crippen LogP contribution >= 0.6 is 0 Å². The fourth-order valence-electron chi connectivity index (χ4n) is 5.09. The van der Waals surface area contributed by atoms with Gasteiger partial charge in [0.2, 0.25) is 0 Å². The summed E-state index contributed by atoms with van der Waals surface area (Å²) in [4.78, 5) is 30.4. The van der Waals surface area contributed by atoms with Gasteiger partial charge >= 0.3 is 0 Å². The molecule has 0 aliphatic carbocycles. The van der Waals surface area contributed by atoms with E-state index >= 15 is 0 Å². The van der Waals surface area contributed by atoms with Crippen LogP contribution in [-0.4, -0.2) is 74.0 Å². The smallest absolute Gasteiger partial charge is 0.251 e. The van der Waals surface area contributed by atoms with Crippen molar-refractivity contribution in [3.05, 3.63) is 59.7 Å². The Morgan fingerprint density at radius 2 is 0.810 bits per heavy atom. The lowest BCUT2D eigenvalue weighted by Crippen LogP contribution is -2.36. The zero-order valence-corrected chi connectivity index (χ0v) is 27.1. The molecule has 6 nitrogen and oxygen atoms in total. The van der Waals surface area contributed by atoms with E-state index in [0.717, 1.165) is 50.4 Å². The van der Waals surface area contributed by atoms with Crippen LogP contribution < -0.4 is 10.6 Å². The lowest BCUT2D eigenvalue weighted by atomic mass is 10.0. The molecule has 0 heterocycles. The number of amides is 2. The van der Waals surface area contributed by atoms with Gasteiger partial charge in [0.25, 0.3) is 11.8 Å². The Morgan fingerprint density at radius 3 is 1.14 bits per heavy atom. The van der Waals surface area contributed by atoms with E-state index in [4.69, 9.17) is 0 Å². The number of nitrogens with one attached hydrogen (secondary N) is 2. The lowest BCUT2D eigenvalue weighted by Gasteiger charge is -2.22. The van der Waals surface area contributed by atoms with Gasteiger partial charge in [0.05, 0.1) is 0 Å². The molecule has 0 atom stereocenters. The van der Waals surface area contributed by atoms with E-state index in [-0.39, 0.29) is 11.8 Å². The predicted molar refractivity (Wildman–Crippen MR) is 178 cm³/mol. The molecule has 6 heteroatoms. The summed E-state index contributed by atoms with van der Waals surface area (Å²) in [5.41, 5.74) is 3.39. The predicted octanol–water partition coefficient (Wildman–Crippen LogP) is 7.40. The number of unbranched alkanes of at least 4 members (excludes halogenated alkanes) is 6. The molecule has 0 bridgehead atoms. The van der Waals surface area contributed by atoms with Crippen LogP contribution in [0.15, 0.2) is 48.5 Å². The van der Waals surface area contributed by atoms with Crippen LogP contribution in [0, 0.1) is 0 Å². The number of nitrogens with zero attached hydrogens (tertiary/aromatic N) is 2. The Hall–Kier alpha value is -2.70. The van der Waals surface area contributed by atoms with Crippen molar-refractivity contribution in [3.63, 3.8) is 0 Å². The Balaban J connectivity index is 1.82. The molecule has 0 aliphatic rings. The maximum Gasteiger partial charge on any atom is 0.251 e. The molecule has 0 aliphatic heterocycles. The maximum atomic E-state index is 12.7. The first-order chi connectivity index (χ1) is 20.5. The van der Waals surface area contributed by atoms with Crippen LogP contribution in [0.1, 0.15) is 113 Å². The standard InChI is InChI=1S/C36H58N4O2/c1-5-9-13-27-39(25-11-7-3)29-23-37-35(41)33-19-15-31(16-20-33)32-17-21-34(22-18-32)36(42)38-24-30-40(26-12-8-4)28-14-10-6-2/h15-22H,5-14,23-30H2,1-4H3,(H,37,41)(H,38,42). The van der Waals surface area contributed by atoms with Gasteiger partial charge in [0, 0.05) is 37.3 Å². The van der Waals surface area contributed by atoms with Crippen molar-refractivity contribution >= 4 is 11.8 Å². The maximum absolute atomic E-state index is 12.7. The third kappa shape index (κ3) is 14.0. The van der Waals surface area contributed by atoms with Crippen molar-refractivity contribution in [2.45, 2.75) is 91.9 Å². The highest BCUT2D eigenvalue weighted by molar-refractivity contribution is 5.95. The third-order valence-corrected chi connectivity index (χ3v) is 7.87. The zero-order valence-electron chi connectivity index (χ0n) is 27.1. The molecular weight excluding hydrogens is 520 g/mol. The van der Waals surface area contributed by atoms with Gasteiger partial charge in [0.1, 0.15) is 0 Å². The van der Waals surface area contributed by atoms with Gasteiger partial charge < -0.3 is 20.4 Å². The molecule has 0 saturated carbocycles. The second-order valence-electron chi connectivity index (χ2n) is 11.5. The molecule has 0 spiro atoms. The van der Waals surface area contributed by atoms with E-state index in [1.54, 1.807) is 0 Å². The summed E-state index contributed by atoms with van der Waals surface area (Å²) >= 11 is 0. The molecule has 0 unspecified atom stereocenters. The first kappa shape index (κ1) is 35.5. The van der Waals surface area contributed by atoms with E-state index < -0.39 is 0 Å². The molecule has 0 fully saturated rings. The molecule has 0 aromatic heterocycles. The van der Waals surface area contributed by atoms with Crippen LogP contribution in [0.2, 0.25) is 0 Å². The first-order valence-corrected chi connectivity index (χ1v) is 16.7. The molecule has 2 rings (SSSR count). The van der Waals surface area contributed by atoms with E-state index in [0.29, 0.717) is 24.2 Å². The fraction of sp³-hybridized carbons (Fsp3) is 0.611. The molecule has 2 amide bonds. The molecule has 2 N–H and O–H groups in total. The highest BCUT2D eigenvalue weighted by Crippen LogP contribution is 2.20. The average molecular weight is 579 g/mol. The zero-order chi connectivity index (χ0) is 30.4. The number of hydrogen-bond donors (Lipinski definition) is 2. The Bertz CT molecular complexity index is 909. The first-order valence-electron chi connectivity index (χ1n) is 16.7. The molecule has 0 radical (unpaired) electrons. The van der Waals surface area contributed by atoms with E-state index in [1.807, 2.05) is 48.5 Å². The van der Waals surface area contributed by atoms with Crippen LogP contribution in [0.4, 0.5) is 0 Å².